The predicted molar refractivity (Wildman–Crippen MR) is 122 cm³/mol. The van der Waals surface area contributed by atoms with Crippen LogP contribution in [-0.4, -0.2) is 37.4 Å². The minimum Gasteiger partial charge on any atom is -0.493 e. The molecule has 6 heteroatoms. The van der Waals surface area contributed by atoms with E-state index < -0.39 is 18.0 Å². The average molecular weight is 432 g/mol. The van der Waals surface area contributed by atoms with Crippen LogP contribution in [0.3, 0.4) is 0 Å². The first kappa shape index (κ1) is 22.6. The van der Waals surface area contributed by atoms with Crippen molar-refractivity contribution in [2.75, 3.05) is 14.2 Å². The second kappa shape index (κ2) is 10.8. The van der Waals surface area contributed by atoms with E-state index in [-0.39, 0.29) is 6.42 Å². The minimum atomic E-state index is -1.33. The molecule has 0 aliphatic rings. The Morgan fingerprint density at radius 2 is 1.53 bits per heavy atom. The number of carboxylic acids is 1. The molecule has 3 aromatic carbocycles. The molecule has 0 saturated carbocycles. The second-order valence-electron chi connectivity index (χ2n) is 6.98. The maximum absolute atomic E-state index is 12.2. The molecular weight excluding hydrogens is 408 g/mol. The minimum absolute atomic E-state index is 0.00103. The van der Waals surface area contributed by atoms with Crippen molar-refractivity contribution in [3.8, 4) is 22.6 Å². The number of benzene rings is 3. The van der Waals surface area contributed by atoms with Gasteiger partial charge in [-0.05, 0) is 40.5 Å². The van der Waals surface area contributed by atoms with Gasteiger partial charge in [0.1, 0.15) is 0 Å². The van der Waals surface area contributed by atoms with Gasteiger partial charge in [0.25, 0.3) is 0 Å². The van der Waals surface area contributed by atoms with Crippen LogP contribution in [0.2, 0.25) is 0 Å². The Morgan fingerprint density at radius 1 is 0.875 bits per heavy atom. The quantitative estimate of drug-likeness (QED) is 0.392. The largest absolute Gasteiger partial charge is 0.493 e. The van der Waals surface area contributed by atoms with Crippen molar-refractivity contribution in [3.05, 3.63) is 90.0 Å². The lowest BCUT2D eigenvalue weighted by molar-refractivity contribution is -0.160. The predicted octanol–water partition coefficient (Wildman–Crippen LogP) is 4.62. The molecule has 1 atom stereocenters. The van der Waals surface area contributed by atoms with E-state index in [1.807, 2.05) is 54.6 Å². The Bertz CT molecular complexity index is 1090. The molecule has 0 bridgehead atoms. The molecule has 0 aliphatic carbocycles. The lowest BCUT2D eigenvalue weighted by atomic mass is 10.0. The van der Waals surface area contributed by atoms with Gasteiger partial charge in [0.15, 0.2) is 11.5 Å². The molecule has 0 spiro atoms. The molecule has 0 aromatic heterocycles. The summed E-state index contributed by atoms with van der Waals surface area (Å²) in [7, 11) is 3.01. The SMILES string of the molecule is COc1ccc(CC(OC(=O)/C=C/c2ccc(-c3ccccc3)cc2)C(=O)O)cc1OC. The van der Waals surface area contributed by atoms with Gasteiger partial charge in [0.2, 0.25) is 6.10 Å². The molecule has 1 N–H and O–H groups in total. The summed E-state index contributed by atoms with van der Waals surface area (Å²) in [5.74, 6) is -0.959. The smallest absolute Gasteiger partial charge is 0.345 e. The van der Waals surface area contributed by atoms with Crippen LogP contribution in [0, 0.1) is 0 Å². The van der Waals surface area contributed by atoms with E-state index in [9.17, 15) is 14.7 Å². The van der Waals surface area contributed by atoms with Crippen LogP contribution < -0.4 is 9.47 Å². The molecule has 32 heavy (non-hydrogen) atoms. The molecule has 0 amide bonds. The molecule has 3 aromatic rings. The van der Waals surface area contributed by atoms with Gasteiger partial charge in [0, 0.05) is 12.5 Å². The molecule has 3 rings (SSSR count). The molecule has 0 saturated heterocycles. The van der Waals surface area contributed by atoms with Gasteiger partial charge in [0.05, 0.1) is 14.2 Å². The van der Waals surface area contributed by atoms with E-state index in [1.165, 1.54) is 20.3 Å². The molecule has 0 aliphatic heterocycles. The van der Waals surface area contributed by atoms with Gasteiger partial charge in [-0.25, -0.2) is 9.59 Å². The van der Waals surface area contributed by atoms with Crippen LogP contribution in [0.15, 0.2) is 78.9 Å². The van der Waals surface area contributed by atoms with E-state index in [0.29, 0.717) is 17.1 Å². The monoisotopic (exact) mass is 432 g/mol. The number of rotatable bonds is 9. The highest BCUT2D eigenvalue weighted by molar-refractivity contribution is 5.89. The van der Waals surface area contributed by atoms with Crippen molar-refractivity contribution in [3.63, 3.8) is 0 Å². The summed E-state index contributed by atoms with van der Waals surface area (Å²) < 4.78 is 15.6. The summed E-state index contributed by atoms with van der Waals surface area (Å²) in [5.41, 5.74) is 3.60. The number of carboxylic acid groups (broad SMARTS) is 1. The number of esters is 1. The number of aliphatic carboxylic acids is 1. The lowest BCUT2D eigenvalue weighted by Gasteiger charge is -2.14. The second-order valence-corrected chi connectivity index (χ2v) is 6.98. The maximum Gasteiger partial charge on any atom is 0.345 e. The van der Waals surface area contributed by atoms with E-state index in [2.05, 4.69) is 0 Å². The highest BCUT2D eigenvalue weighted by Crippen LogP contribution is 2.28. The fourth-order valence-corrected chi connectivity index (χ4v) is 3.16. The number of carbonyl (C=O) groups excluding carboxylic acids is 1. The first-order valence-electron chi connectivity index (χ1n) is 9.98. The highest BCUT2D eigenvalue weighted by Gasteiger charge is 2.22. The van der Waals surface area contributed by atoms with Gasteiger partial charge < -0.3 is 19.3 Å². The van der Waals surface area contributed by atoms with Gasteiger partial charge in [-0.15, -0.1) is 0 Å². The van der Waals surface area contributed by atoms with Gasteiger partial charge >= 0.3 is 11.9 Å². The Balaban J connectivity index is 1.64. The molecule has 6 nitrogen and oxygen atoms in total. The topological polar surface area (TPSA) is 82.1 Å². The summed E-state index contributed by atoms with van der Waals surface area (Å²) in [6.45, 7) is 0. The van der Waals surface area contributed by atoms with Crippen LogP contribution in [0.4, 0.5) is 0 Å². The zero-order chi connectivity index (χ0) is 22.9. The summed E-state index contributed by atoms with van der Waals surface area (Å²) in [6.07, 6.45) is 1.49. The van der Waals surface area contributed by atoms with Gasteiger partial charge in [-0.3, -0.25) is 0 Å². The van der Waals surface area contributed by atoms with Gasteiger partial charge in [-0.2, -0.15) is 0 Å². The number of ether oxygens (including phenoxy) is 3. The van der Waals surface area contributed by atoms with Crippen LogP contribution in [0.25, 0.3) is 17.2 Å². The Morgan fingerprint density at radius 3 is 2.16 bits per heavy atom. The molecule has 0 fully saturated rings. The third kappa shape index (κ3) is 5.98. The fraction of sp³-hybridized carbons (Fsp3) is 0.154. The normalized spacial score (nSPS) is 11.7. The number of hydrogen-bond donors (Lipinski definition) is 1. The van der Waals surface area contributed by atoms with E-state index >= 15 is 0 Å². The van der Waals surface area contributed by atoms with Crippen molar-refractivity contribution in [1.29, 1.82) is 0 Å². The summed E-state index contributed by atoms with van der Waals surface area (Å²) in [4.78, 5) is 23.8. The standard InChI is InChI=1S/C26H24O6/c1-30-22-14-10-19(16-23(22)31-2)17-24(26(28)29)32-25(27)15-11-18-8-12-21(13-9-18)20-6-4-3-5-7-20/h3-16,24H,17H2,1-2H3,(H,28,29)/b15-11+. The Kier molecular flexibility index (Phi) is 7.65. The van der Waals surface area contributed by atoms with Crippen molar-refractivity contribution in [2.45, 2.75) is 12.5 Å². The van der Waals surface area contributed by atoms with Crippen molar-refractivity contribution < 1.29 is 28.9 Å². The number of methoxy groups -OCH3 is 2. The van der Waals surface area contributed by atoms with Crippen LogP contribution in [0.5, 0.6) is 11.5 Å². The zero-order valence-corrected chi connectivity index (χ0v) is 17.9. The Hall–Kier alpha value is -4.06. The van der Waals surface area contributed by atoms with Crippen LogP contribution >= 0.6 is 0 Å². The third-order valence-electron chi connectivity index (χ3n) is 4.83. The van der Waals surface area contributed by atoms with Crippen molar-refractivity contribution in [1.82, 2.24) is 0 Å². The molecular formula is C26H24O6. The lowest BCUT2D eigenvalue weighted by Crippen LogP contribution is -2.28. The maximum atomic E-state index is 12.2. The summed E-state index contributed by atoms with van der Waals surface area (Å²) >= 11 is 0. The fourth-order valence-electron chi connectivity index (χ4n) is 3.16. The average Bonchev–Trinajstić information content (AvgIpc) is 2.83. The summed E-state index contributed by atoms with van der Waals surface area (Å²) in [5, 5.41) is 9.48. The highest BCUT2D eigenvalue weighted by atomic mass is 16.6. The van der Waals surface area contributed by atoms with E-state index in [1.54, 1.807) is 24.3 Å². The van der Waals surface area contributed by atoms with Crippen LogP contribution in [-0.2, 0) is 20.7 Å². The van der Waals surface area contributed by atoms with E-state index in [0.717, 1.165) is 16.7 Å². The Labute approximate surface area is 186 Å². The third-order valence-corrected chi connectivity index (χ3v) is 4.83. The van der Waals surface area contributed by atoms with Crippen molar-refractivity contribution >= 4 is 18.0 Å². The first-order chi connectivity index (χ1) is 15.5. The summed E-state index contributed by atoms with van der Waals surface area (Å²) in [6, 6.07) is 22.7. The van der Waals surface area contributed by atoms with Crippen LogP contribution in [0.1, 0.15) is 11.1 Å². The molecule has 1 unspecified atom stereocenters. The van der Waals surface area contributed by atoms with Gasteiger partial charge in [-0.1, -0.05) is 60.7 Å². The molecule has 0 heterocycles. The number of carbonyl (C=O) groups is 2. The molecule has 164 valence electrons. The first-order valence-corrected chi connectivity index (χ1v) is 9.98. The van der Waals surface area contributed by atoms with E-state index in [4.69, 9.17) is 14.2 Å². The number of hydrogen-bond acceptors (Lipinski definition) is 5. The zero-order valence-electron chi connectivity index (χ0n) is 17.9. The molecule has 0 radical (unpaired) electrons. The van der Waals surface area contributed by atoms with Crippen molar-refractivity contribution in [2.24, 2.45) is 0 Å².